The summed E-state index contributed by atoms with van der Waals surface area (Å²) in [7, 11) is 0. The molecule has 2 fully saturated rings. The monoisotopic (exact) mass is 359 g/mol. The van der Waals surface area contributed by atoms with Gasteiger partial charge in [-0.1, -0.05) is 35.0 Å². The number of rotatable bonds is 5. The Morgan fingerprint density at radius 2 is 2.00 bits per heavy atom. The van der Waals surface area contributed by atoms with E-state index in [1.165, 1.54) is 0 Å². The summed E-state index contributed by atoms with van der Waals surface area (Å²) in [5.41, 5.74) is 1.32. The first-order chi connectivity index (χ1) is 12.2. The highest BCUT2D eigenvalue weighted by atomic mass is 35.5. The van der Waals surface area contributed by atoms with E-state index in [1.54, 1.807) is 6.07 Å². The predicted molar refractivity (Wildman–Crippen MR) is 95.7 cm³/mol. The number of nitrogens with one attached hydrogen (secondary N) is 2. The normalized spacial score (nSPS) is 19.6. The number of piperidine rings is 1. The zero-order valence-corrected chi connectivity index (χ0v) is 14.8. The maximum Gasteiger partial charge on any atom is 0.273 e. The summed E-state index contributed by atoms with van der Waals surface area (Å²) in [4.78, 5) is 12.7. The van der Waals surface area contributed by atoms with E-state index in [9.17, 15) is 4.79 Å². The number of aromatic nitrogens is 1. The van der Waals surface area contributed by atoms with Crippen molar-refractivity contribution in [2.75, 3.05) is 13.1 Å². The van der Waals surface area contributed by atoms with E-state index >= 15 is 0 Å². The minimum Gasteiger partial charge on any atom is -0.360 e. The van der Waals surface area contributed by atoms with E-state index in [4.69, 9.17) is 16.1 Å². The summed E-state index contributed by atoms with van der Waals surface area (Å²) < 4.78 is 5.32. The van der Waals surface area contributed by atoms with Crippen LogP contribution in [0.2, 0.25) is 5.02 Å². The maximum absolute atomic E-state index is 12.7. The number of benzene rings is 1. The first-order valence-corrected chi connectivity index (χ1v) is 9.33. The first-order valence-electron chi connectivity index (χ1n) is 8.95. The van der Waals surface area contributed by atoms with Crippen molar-refractivity contribution < 1.29 is 9.32 Å². The second-order valence-corrected chi connectivity index (χ2v) is 7.36. The fourth-order valence-corrected chi connectivity index (χ4v) is 3.78. The standard InChI is InChI=1S/C19H22ClN3O2/c20-15-4-2-1-3-14(15)18(13-7-9-21-10-8-13)22-19(24)16-11-17(25-23-16)12-5-6-12/h1-4,11-13,18,21H,5-10H2,(H,22,24). The molecule has 4 rings (SSSR count). The zero-order valence-electron chi connectivity index (χ0n) is 14.0. The van der Waals surface area contributed by atoms with E-state index < -0.39 is 0 Å². The molecule has 2 N–H and O–H groups in total. The molecule has 5 nitrogen and oxygen atoms in total. The molecule has 0 radical (unpaired) electrons. The number of nitrogens with zero attached hydrogens (tertiary/aromatic N) is 1. The van der Waals surface area contributed by atoms with Crippen LogP contribution in [0, 0.1) is 5.92 Å². The van der Waals surface area contributed by atoms with Gasteiger partial charge in [0.15, 0.2) is 5.69 Å². The van der Waals surface area contributed by atoms with E-state index in [1.807, 2.05) is 24.3 Å². The lowest BCUT2D eigenvalue weighted by Crippen LogP contribution is -2.39. The Morgan fingerprint density at radius 1 is 1.24 bits per heavy atom. The second-order valence-electron chi connectivity index (χ2n) is 6.95. The van der Waals surface area contributed by atoms with Crippen LogP contribution in [-0.2, 0) is 0 Å². The quantitative estimate of drug-likeness (QED) is 0.854. The molecule has 25 heavy (non-hydrogen) atoms. The van der Waals surface area contributed by atoms with E-state index in [2.05, 4.69) is 15.8 Å². The molecule has 1 saturated heterocycles. The lowest BCUT2D eigenvalue weighted by molar-refractivity contribution is 0.0905. The van der Waals surface area contributed by atoms with Crippen molar-refractivity contribution in [1.82, 2.24) is 15.8 Å². The van der Waals surface area contributed by atoms with Gasteiger partial charge in [0.25, 0.3) is 5.91 Å². The molecular weight excluding hydrogens is 338 g/mol. The average Bonchev–Trinajstić information content (AvgIpc) is 3.38. The minimum absolute atomic E-state index is 0.121. The van der Waals surface area contributed by atoms with Gasteiger partial charge in [-0.3, -0.25) is 4.79 Å². The fourth-order valence-electron chi connectivity index (χ4n) is 3.53. The number of hydrogen-bond acceptors (Lipinski definition) is 4. The van der Waals surface area contributed by atoms with Crippen LogP contribution in [0.1, 0.15) is 59.5 Å². The van der Waals surface area contributed by atoms with Gasteiger partial charge in [0, 0.05) is 17.0 Å². The van der Waals surface area contributed by atoms with Gasteiger partial charge in [-0.25, -0.2) is 0 Å². The zero-order chi connectivity index (χ0) is 17.2. The number of carbonyl (C=O) groups is 1. The fraction of sp³-hybridized carbons (Fsp3) is 0.474. The van der Waals surface area contributed by atoms with Gasteiger partial charge in [-0.05, 0) is 56.3 Å². The van der Waals surface area contributed by atoms with Crippen LogP contribution < -0.4 is 10.6 Å². The van der Waals surface area contributed by atoms with Gasteiger partial charge in [0.2, 0.25) is 0 Å². The topological polar surface area (TPSA) is 67.2 Å². The van der Waals surface area contributed by atoms with Crippen molar-refractivity contribution in [3.8, 4) is 0 Å². The molecule has 6 heteroatoms. The van der Waals surface area contributed by atoms with Gasteiger partial charge >= 0.3 is 0 Å². The molecule has 2 aliphatic rings. The highest BCUT2D eigenvalue weighted by Gasteiger charge is 2.31. The van der Waals surface area contributed by atoms with Gasteiger partial charge in [-0.15, -0.1) is 0 Å². The van der Waals surface area contributed by atoms with E-state index in [-0.39, 0.29) is 11.9 Å². The Labute approximate surface area is 152 Å². The summed E-state index contributed by atoms with van der Waals surface area (Å²) in [6.07, 6.45) is 4.24. The van der Waals surface area contributed by atoms with Crippen LogP contribution in [0.15, 0.2) is 34.9 Å². The molecule has 1 atom stereocenters. The Morgan fingerprint density at radius 3 is 2.72 bits per heavy atom. The van der Waals surface area contributed by atoms with Crippen LogP contribution in [0.4, 0.5) is 0 Å². The smallest absolute Gasteiger partial charge is 0.273 e. The summed E-state index contributed by atoms with van der Waals surface area (Å²) in [6, 6.07) is 9.39. The molecule has 1 aromatic carbocycles. The Bertz CT molecular complexity index is 751. The highest BCUT2D eigenvalue weighted by Crippen LogP contribution is 2.40. The van der Waals surface area contributed by atoms with Crippen LogP contribution in [-0.4, -0.2) is 24.2 Å². The molecule has 132 valence electrons. The largest absolute Gasteiger partial charge is 0.360 e. The average molecular weight is 360 g/mol. The maximum atomic E-state index is 12.7. The molecule has 2 heterocycles. The third-order valence-electron chi connectivity index (χ3n) is 5.12. The Kier molecular flexibility index (Phi) is 4.77. The van der Waals surface area contributed by atoms with Crippen molar-refractivity contribution in [2.24, 2.45) is 5.92 Å². The Balaban J connectivity index is 1.56. The van der Waals surface area contributed by atoms with Gasteiger partial charge < -0.3 is 15.2 Å². The van der Waals surface area contributed by atoms with Gasteiger partial charge in [-0.2, -0.15) is 0 Å². The van der Waals surface area contributed by atoms with Crippen LogP contribution in [0.5, 0.6) is 0 Å². The molecule has 1 amide bonds. The van der Waals surface area contributed by atoms with Crippen LogP contribution in [0.3, 0.4) is 0 Å². The molecule has 1 saturated carbocycles. The summed E-state index contributed by atoms with van der Waals surface area (Å²) in [6.45, 7) is 1.91. The minimum atomic E-state index is -0.195. The van der Waals surface area contributed by atoms with E-state index in [0.717, 1.165) is 50.1 Å². The number of hydrogen-bond donors (Lipinski definition) is 2. The first kappa shape index (κ1) is 16.6. The summed E-state index contributed by atoms with van der Waals surface area (Å²) >= 11 is 6.42. The third-order valence-corrected chi connectivity index (χ3v) is 5.47. The highest BCUT2D eigenvalue weighted by molar-refractivity contribution is 6.31. The molecule has 0 spiro atoms. The van der Waals surface area contributed by atoms with E-state index in [0.29, 0.717) is 22.6 Å². The molecule has 2 aromatic rings. The number of amides is 1. The van der Waals surface area contributed by atoms with Gasteiger partial charge in [0.1, 0.15) is 5.76 Å². The lowest BCUT2D eigenvalue weighted by atomic mass is 9.85. The number of halogens is 1. The van der Waals surface area contributed by atoms with Crippen LogP contribution >= 0.6 is 11.6 Å². The molecule has 1 unspecified atom stereocenters. The molecule has 1 aliphatic carbocycles. The summed E-state index contributed by atoms with van der Waals surface area (Å²) in [5, 5.41) is 11.2. The molecular formula is C19H22ClN3O2. The van der Waals surface area contributed by atoms with Crippen molar-refractivity contribution in [3.63, 3.8) is 0 Å². The SMILES string of the molecule is O=C(NC(c1ccccc1Cl)C1CCNCC1)c1cc(C2CC2)on1. The van der Waals surface area contributed by atoms with Crippen molar-refractivity contribution in [2.45, 2.75) is 37.6 Å². The van der Waals surface area contributed by atoms with Gasteiger partial charge in [0.05, 0.1) is 6.04 Å². The van der Waals surface area contributed by atoms with Crippen LogP contribution in [0.25, 0.3) is 0 Å². The molecule has 0 bridgehead atoms. The summed E-state index contributed by atoms with van der Waals surface area (Å²) in [5.74, 6) is 1.41. The van der Waals surface area contributed by atoms with Crippen molar-refractivity contribution in [1.29, 1.82) is 0 Å². The third kappa shape index (κ3) is 3.72. The Hall–Kier alpha value is -1.85. The number of carbonyl (C=O) groups excluding carboxylic acids is 1. The molecule has 1 aliphatic heterocycles. The second kappa shape index (κ2) is 7.18. The van der Waals surface area contributed by atoms with Crippen molar-refractivity contribution >= 4 is 17.5 Å². The van der Waals surface area contributed by atoms with Crippen molar-refractivity contribution in [3.05, 3.63) is 52.4 Å². The lowest BCUT2D eigenvalue weighted by Gasteiger charge is -2.32. The molecule has 1 aromatic heterocycles. The predicted octanol–water partition coefficient (Wildman–Crippen LogP) is 3.68.